The zero-order valence-corrected chi connectivity index (χ0v) is 11.4. The molecular weight excluding hydrogens is 258 g/mol. The zero-order chi connectivity index (χ0) is 13.3. The smallest absolute Gasteiger partial charge is 0.124 e. The first-order valence-electron chi connectivity index (χ1n) is 6.43. The van der Waals surface area contributed by atoms with Crippen molar-refractivity contribution in [3.05, 3.63) is 64.7 Å². The van der Waals surface area contributed by atoms with Gasteiger partial charge >= 0.3 is 0 Å². The number of nitrogens with two attached hydrogens (primary N) is 1. The Morgan fingerprint density at radius 1 is 1.16 bits per heavy atom. The first-order chi connectivity index (χ1) is 9.17. The highest BCUT2D eigenvalue weighted by Crippen LogP contribution is 2.37. The molecule has 1 unspecified atom stereocenters. The molecule has 0 amide bonds. The van der Waals surface area contributed by atoms with Gasteiger partial charge in [-0.15, -0.1) is 0 Å². The minimum atomic E-state index is -0.375. The van der Waals surface area contributed by atoms with Gasteiger partial charge < -0.3 is 10.5 Å². The number of hydrogen-bond donors (Lipinski definition) is 1. The molecule has 3 rings (SSSR count). The molecule has 2 aromatic rings. The van der Waals surface area contributed by atoms with E-state index >= 15 is 0 Å². The van der Waals surface area contributed by atoms with Gasteiger partial charge in [0, 0.05) is 17.0 Å². The summed E-state index contributed by atoms with van der Waals surface area (Å²) in [5.41, 5.74) is 8.50. The van der Waals surface area contributed by atoms with Crippen molar-refractivity contribution in [2.45, 2.75) is 18.4 Å². The average molecular weight is 274 g/mol. The molecule has 3 heteroatoms. The maximum absolute atomic E-state index is 6.63. The molecule has 0 spiro atoms. The molecule has 1 aliphatic heterocycles. The van der Waals surface area contributed by atoms with E-state index < -0.39 is 0 Å². The van der Waals surface area contributed by atoms with Gasteiger partial charge in [-0.05, 0) is 30.2 Å². The summed E-state index contributed by atoms with van der Waals surface area (Å²) in [6, 6.07) is 15.9. The summed E-state index contributed by atoms with van der Waals surface area (Å²) in [4.78, 5) is 0. The Hall–Kier alpha value is -1.51. The van der Waals surface area contributed by atoms with Crippen molar-refractivity contribution in [2.75, 3.05) is 6.61 Å². The third kappa shape index (κ3) is 2.46. The standard InChI is InChI=1S/C16H16ClNO/c17-13-5-3-4-12(10-13)11-16(18)8-9-19-15-7-2-1-6-14(15)16/h1-7,10H,8-9,11,18H2. The van der Waals surface area contributed by atoms with Crippen LogP contribution in [0.2, 0.25) is 5.02 Å². The molecule has 0 aromatic heterocycles. The second kappa shape index (κ2) is 4.87. The van der Waals surface area contributed by atoms with Gasteiger partial charge in [0.05, 0.1) is 12.1 Å². The molecule has 98 valence electrons. The molecule has 0 bridgehead atoms. The summed E-state index contributed by atoms with van der Waals surface area (Å²) in [7, 11) is 0. The minimum absolute atomic E-state index is 0.375. The molecule has 2 aromatic carbocycles. The molecule has 1 heterocycles. The minimum Gasteiger partial charge on any atom is -0.493 e. The SMILES string of the molecule is NC1(Cc2cccc(Cl)c2)CCOc2ccccc21. The lowest BCUT2D eigenvalue weighted by atomic mass is 9.80. The largest absolute Gasteiger partial charge is 0.493 e. The Bertz CT molecular complexity index is 599. The second-order valence-corrected chi connectivity index (χ2v) is 5.49. The van der Waals surface area contributed by atoms with E-state index in [1.54, 1.807) is 0 Å². The lowest BCUT2D eigenvalue weighted by Crippen LogP contribution is -2.43. The number of para-hydroxylation sites is 1. The van der Waals surface area contributed by atoms with Crippen LogP contribution in [0.3, 0.4) is 0 Å². The summed E-state index contributed by atoms with van der Waals surface area (Å²) in [6.07, 6.45) is 1.59. The van der Waals surface area contributed by atoms with Gasteiger partial charge in [-0.2, -0.15) is 0 Å². The van der Waals surface area contributed by atoms with Crippen LogP contribution >= 0.6 is 11.6 Å². The molecular formula is C16H16ClNO. The maximum atomic E-state index is 6.63. The fourth-order valence-electron chi connectivity index (χ4n) is 2.68. The van der Waals surface area contributed by atoms with Gasteiger partial charge in [0.2, 0.25) is 0 Å². The normalized spacial score (nSPS) is 21.6. The van der Waals surface area contributed by atoms with Crippen LogP contribution in [0.15, 0.2) is 48.5 Å². The zero-order valence-electron chi connectivity index (χ0n) is 10.6. The summed E-state index contributed by atoms with van der Waals surface area (Å²) >= 11 is 6.04. The predicted octanol–water partition coefficient (Wildman–Crippen LogP) is 3.52. The van der Waals surface area contributed by atoms with Crippen LogP contribution in [-0.4, -0.2) is 6.61 Å². The Kier molecular flexibility index (Phi) is 3.21. The molecule has 1 aliphatic rings. The molecule has 0 saturated heterocycles. The topological polar surface area (TPSA) is 35.2 Å². The third-order valence-corrected chi connectivity index (χ3v) is 3.87. The summed E-state index contributed by atoms with van der Waals surface area (Å²) in [5, 5.41) is 0.751. The number of benzene rings is 2. The lowest BCUT2D eigenvalue weighted by Gasteiger charge is -2.35. The number of hydrogen-bond acceptors (Lipinski definition) is 2. The Morgan fingerprint density at radius 3 is 2.84 bits per heavy atom. The summed E-state index contributed by atoms with van der Waals surface area (Å²) in [6.45, 7) is 0.661. The lowest BCUT2D eigenvalue weighted by molar-refractivity contribution is 0.215. The summed E-state index contributed by atoms with van der Waals surface area (Å²) < 4.78 is 5.67. The van der Waals surface area contributed by atoms with E-state index in [0.29, 0.717) is 6.61 Å². The van der Waals surface area contributed by atoms with Gasteiger partial charge in [-0.3, -0.25) is 0 Å². The first-order valence-corrected chi connectivity index (χ1v) is 6.81. The number of ether oxygens (including phenoxy) is 1. The number of rotatable bonds is 2. The van der Waals surface area contributed by atoms with Crippen molar-refractivity contribution < 1.29 is 4.74 Å². The van der Waals surface area contributed by atoms with Crippen LogP contribution in [-0.2, 0) is 12.0 Å². The Labute approximate surface area is 118 Å². The van der Waals surface area contributed by atoms with E-state index in [9.17, 15) is 0 Å². The Morgan fingerprint density at radius 2 is 2.00 bits per heavy atom. The molecule has 2 nitrogen and oxygen atoms in total. The van der Waals surface area contributed by atoms with Crippen LogP contribution in [0.25, 0.3) is 0 Å². The number of fused-ring (bicyclic) bond motifs is 1. The highest BCUT2D eigenvalue weighted by molar-refractivity contribution is 6.30. The fraction of sp³-hybridized carbons (Fsp3) is 0.250. The van der Waals surface area contributed by atoms with Gasteiger partial charge in [0.25, 0.3) is 0 Å². The quantitative estimate of drug-likeness (QED) is 0.909. The van der Waals surface area contributed by atoms with Crippen LogP contribution < -0.4 is 10.5 Å². The summed E-state index contributed by atoms with van der Waals surface area (Å²) in [5.74, 6) is 0.901. The molecule has 19 heavy (non-hydrogen) atoms. The first kappa shape index (κ1) is 12.5. The van der Waals surface area contributed by atoms with E-state index in [0.717, 1.165) is 34.7 Å². The highest BCUT2D eigenvalue weighted by atomic mass is 35.5. The Balaban J connectivity index is 1.96. The molecule has 0 aliphatic carbocycles. The van der Waals surface area contributed by atoms with Crippen molar-refractivity contribution in [3.63, 3.8) is 0 Å². The second-order valence-electron chi connectivity index (χ2n) is 5.06. The molecule has 0 fully saturated rings. The number of halogens is 1. The third-order valence-electron chi connectivity index (χ3n) is 3.64. The van der Waals surface area contributed by atoms with Crippen molar-refractivity contribution in [1.29, 1.82) is 0 Å². The average Bonchev–Trinajstić information content (AvgIpc) is 2.39. The molecule has 1 atom stereocenters. The van der Waals surface area contributed by atoms with Crippen LogP contribution in [0.5, 0.6) is 5.75 Å². The van der Waals surface area contributed by atoms with Crippen molar-refractivity contribution in [3.8, 4) is 5.75 Å². The highest BCUT2D eigenvalue weighted by Gasteiger charge is 2.33. The van der Waals surface area contributed by atoms with Crippen molar-refractivity contribution >= 4 is 11.6 Å². The van der Waals surface area contributed by atoms with Gasteiger partial charge in [-0.25, -0.2) is 0 Å². The van der Waals surface area contributed by atoms with E-state index in [1.165, 1.54) is 0 Å². The van der Waals surface area contributed by atoms with Gasteiger partial charge in [0.15, 0.2) is 0 Å². The van der Waals surface area contributed by atoms with E-state index in [4.69, 9.17) is 22.1 Å². The van der Waals surface area contributed by atoms with Gasteiger partial charge in [0.1, 0.15) is 5.75 Å². The van der Waals surface area contributed by atoms with E-state index in [1.807, 2.05) is 36.4 Å². The van der Waals surface area contributed by atoms with E-state index in [2.05, 4.69) is 12.1 Å². The monoisotopic (exact) mass is 273 g/mol. The fourth-order valence-corrected chi connectivity index (χ4v) is 2.89. The van der Waals surface area contributed by atoms with Crippen LogP contribution in [0, 0.1) is 0 Å². The molecule has 2 N–H and O–H groups in total. The van der Waals surface area contributed by atoms with Crippen LogP contribution in [0.4, 0.5) is 0 Å². The maximum Gasteiger partial charge on any atom is 0.124 e. The molecule has 0 radical (unpaired) electrons. The van der Waals surface area contributed by atoms with E-state index in [-0.39, 0.29) is 5.54 Å². The van der Waals surface area contributed by atoms with Crippen LogP contribution in [0.1, 0.15) is 17.5 Å². The molecule has 0 saturated carbocycles. The van der Waals surface area contributed by atoms with Gasteiger partial charge in [-0.1, -0.05) is 41.9 Å². The predicted molar refractivity (Wildman–Crippen MR) is 77.6 cm³/mol. The van der Waals surface area contributed by atoms with Crippen molar-refractivity contribution in [2.24, 2.45) is 5.73 Å². The van der Waals surface area contributed by atoms with Crippen molar-refractivity contribution in [1.82, 2.24) is 0 Å².